The van der Waals surface area contributed by atoms with Gasteiger partial charge in [-0.15, -0.1) is 0 Å². The van der Waals surface area contributed by atoms with Crippen LogP contribution in [0.5, 0.6) is 0 Å². The van der Waals surface area contributed by atoms with Gasteiger partial charge in [0.05, 0.1) is 0 Å². The van der Waals surface area contributed by atoms with Gasteiger partial charge in [-0.2, -0.15) is 0 Å². The van der Waals surface area contributed by atoms with Crippen LogP contribution in [-0.4, -0.2) is 5.97 Å². The van der Waals surface area contributed by atoms with Gasteiger partial charge in [-0.25, -0.2) is 0 Å². The Bertz CT molecular complexity index is 172. The van der Waals surface area contributed by atoms with E-state index in [4.69, 9.17) is 0 Å². The number of rotatable bonds is 12. The molecule has 0 aromatic rings. The Balaban J connectivity index is 2.96. The molecule has 0 atom stereocenters. The average Bonchev–Trinajstić information content (AvgIpc) is 2.35. The minimum atomic E-state index is -0.0641. The molecular formula is C14H27MoO2. The van der Waals surface area contributed by atoms with Crippen molar-refractivity contribution in [3.05, 3.63) is 0 Å². The molecule has 0 saturated carbocycles. The van der Waals surface area contributed by atoms with Gasteiger partial charge in [-0.1, -0.05) is 19.8 Å². The molecule has 0 spiro atoms. The third-order valence-electron chi connectivity index (χ3n) is 3.08. The molecule has 17 heavy (non-hydrogen) atoms. The van der Waals surface area contributed by atoms with Crippen molar-refractivity contribution >= 4 is 5.97 Å². The van der Waals surface area contributed by atoms with Gasteiger partial charge in [-0.3, -0.25) is 0 Å². The van der Waals surface area contributed by atoms with Crippen molar-refractivity contribution in [3.8, 4) is 0 Å². The van der Waals surface area contributed by atoms with E-state index in [9.17, 15) is 4.79 Å². The first-order chi connectivity index (χ1) is 8.31. The summed E-state index contributed by atoms with van der Waals surface area (Å²) in [5, 5.41) is 0. The molecule has 0 aliphatic heterocycles. The van der Waals surface area contributed by atoms with Crippen LogP contribution >= 0.6 is 0 Å². The van der Waals surface area contributed by atoms with Crippen molar-refractivity contribution in [2.75, 3.05) is 0 Å². The van der Waals surface area contributed by atoms with Gasteiger partial charge in [0.2, 0.25) is 0 Å². The first kappa shape index (κ1) is 17.2. The zero-order valence-electron chi connectivity index (χ0n) is 11.2. The third-order valence-corrected chi connectivity index (χ3v) is 3.53. The molecule has 0 aromatic heterocycles. The minimum absolute atomic E-state index is 0.0641. The fourth-order valence-corrected chi connectivity index (χ4v) is 2.18. The van der Waals surface area contributed by atoms with Gasteiger partial charge in [0.1, 0.15) is 0 Å². The van der Waals surface area contributed by atoms with E-state index in [0.29, 0.717) is 6.42 Å². The number of hydrogen-bond acceptors (Lipinski definition) is 2. The van der Waals surface area contributed by atoms with E-state index in [0.717, 1.165) is 6.42 Å². The molecule has 2 nitrogen and oxygen atoms in total. The van der Waals surface area contributed by atoms with E-state index in [1.54, 1.807) is 0 Å². The Morgan fingerprint density at radius 2 is 1.24 bits per heavy atom. The molecule has 0 bridgehead atoms. The summed E-state index contributed by atoms with van der Waals surface area (Å²) in [4.78, 5) is 10.9. The predicted molar refractivity (Wildman–Crippen MR) is 67.2 cm³/mol. The molecule has 0 amide bonds. The van der Waals surface area contributed by atoms with E-state index < -0.39 is 0 Å². The fraction of sp³-hybridized carbons (Fsp3) is 0.929. The van der Waals surface area contributed by atoms with Crippen LogP contribution in [0.3, 0.4) is 0 Å². The zero-order valence-corrected chi connectivity index (χ0v) is 13.2. The Kier molecular flexibility index (Phi) is 14.4. The van der Waals surface area contributed by atoms with E-state index in [1.165, 1.54) is 84.4 Å². The van der Waals surface area contributed by atoms with Crippen LogP contribution in [-0.2, 0) is 28.4 Å². The Morgan fingerprint density at radius 3 is 1.65 bits per heavy atom. The Morgan fingerprint density at radius 1 is 0.824 bits per heavy atom. The quantitative estimate of drug-likeness (QED) is 0.385. The van der Waals surface area contributed by atoms with Crippen molar-refractivity contribution in [1.29, 1.82) is 0 Å². The molecule has 3 heteroatoms. The van der Waals surface area contributed by atoms with E-state index in [-0.39, 0.29) is 5.97 Å². The second kappa shape index (κ2) is 14.2. The van der Waals surface area contributed by atoms with Crippen LogP contribution in [0.25, 0.3) is 0 Å². The first-order valence-electron chi connectivity index (χ1n) is 7.14. The Labute approximate surface area is 118 Å². The summed E-state index contributed by atoms with van der Waals surface area (Å²) in [5.41, 5.74) is 0. The van der Waals surface area contributed by atoms with Gasteiger partial charge >= 0.3 is 98.6 Å². The molecular weight excluding hydrogens is 296 g/mol. The monoisotopic (exact) mass is 325 g/mol. The van der Waals surface area contributed by atoms with Crippen molar-refractivity contribution in [3.63, 3.8) is 0 Å². The molecule has 0 unspecified atom stereocenters. The number of unbranched alkanes of at least 4 members (excludes halogenated alkanes) is 10. The summed E-state index contributed by atoms with van der Waals surface area (Å²) in [6.07, 6.45) is 15.1. The number of hydrogen-bond donors (Lipinski definition) is 0. The number of carbonyl (C=O) groups is 1. The second-order valence-corrected chi connectivity index (χ2v) is 5.15. The van der Waals surface area contributed by atoms with Gasteiger partial charge < -0.3 is 0 Å². The average molecular weight is 323 g/mol. The molecule has 0 N–H and O–H groups in total. The normalized spacial score (nSPS) is 10.4. The molecule has 0 rings (SSSR count). The van der Waals surface area contributed by atoms with Crippen LogP contribution in [0.2, 0.25) is 0 Å². The summed E-state index contributed by atoms with van der Waals surface area (Å²) < 4.78 is 4.61. The van der Waals surface area contributed by atoms with Crippen molar-refractivity contribution in [2.24, 2.45) is 0 Å². The molecule has 0 aliphatic carbocycles. The number of carbonyl (C=O) groups excluding carboxylic acids is 1. The molecule has 0 aliphatic rings. The van der Waals surface area contributed by atoms with Crippen LogP contribution in [0.15, 0.2) is 0 Å². The summed E-state index contributed by atoms with van der Waals surface area (Å²) >= 11 is 1.39. The molecule has 101 valence electrons. The van der Waals surface area contributed by atoms with Crippen molar-refractivity contribution in [1.82, 2.24) is 0 Å². The topological polar surface area (TPSA) is 26.3 Å². The molecule has 0 heterocycles. The summed E-state index contributed by atoms with van der Waals surface area (Å²) in [7, 11) is 0. The second-order valence-electron chi connectivity index (χ2n) is 4.74. The van der Waals surface area contributed by atoms with Crippen LogP contribution in [0.4, 0.5) is 0 Å². The van der Waals surface area contributed by atoms with E-state index >= 15 is 0 Å². The standard InChI is InChI=1S/C14H28O2.Mo/c1-2-3-4-5-6-7-8-9-10-11-12-13-14(15)16;/h2-13H2,1H3,(H,15,16);/q;+1/p-1. The van der Waals surface area contributed by atoms with Crippen LogP contribution in [0, 0.1) is 0 Å². The van der Waals surface area contributed by atoms with Crippen LogP contribution in [0.1, 0.15) is 84.0 Å². The maximum atomic E-state index is 10.9. The van der Waals surface area contributed by atoms with Gasteiger partial charge in [-0.05, 0) is 0 Å². The molecule has 0 saturated heterocycles. The molecule has 0 fully saturated rings. The summed E-state index contributed by atoms with van der Waals surface area (Å²) in [5.74, 6) is -0.0641. The predicted octanol–water partition coefficient (Wildman–Crippen LogP) is 4.69. The molecule has 0 aromatic carbocycles. The van der Waals surface area contributed by atoms with E-state index in [1.807, 2.05) is 0 Å². The van der Waals surface area contributed by atoms with Gasteiger partial charge in [0.15, 0.2) is 0 Å². The fourth-order valence-electron chi connectivity index (χ4n) is 1.98. The summed E-state index contributed by atoms with van der Waals surface area (Å²) in [6, 6.07) is 0. The van der Waals surface area contributed by atoms with E-state index in [2.05, 4.69) is 10.3 Å². The van der Waals surface area contributed by atoms with Crippen molar-refractivity contribution in [2.45, 2.75) is 84.0 Å². The van der Waals surface area contributed by atoms with Crippen LogP contribution < -0.4 is 0 Å². The first-order valence-corrected chi connectivity index (χ1v) is 7.95. The SMILES string of the molecule is CCCCCCCCCCCCCC(=O)[O][Mo]. The maximum absolute atomic E-state index is 10.9. The van der Waals surface area contributed by atoms with Gasteiger partial charge in [0, 0.05) is 0 Å². The Hall–Kier alpha value is 0.158. The summed E-state index contributed by atoms with van der Waals surface area (Å²) in [6.45, 7) is 2.26. The molecule has 0 radical (unpaired) electrons. The van der Waals surface area contributed by atoms with Crippen molar-refractivity contribution < 1.29 is 28.4 Å². The van der Waals surface area contributed by atoms with Gasteiger partial charge in [0.25, 0.3) is 0 Å². The third kappa shape index (κ3) is 14.1. The zero-order chi connectivity index (χ0) is 12.8.